The summed E-state index contributed by atoms with van der Waals surface area (Å²) < 4.78 is 14.1. The molecule has 1 aromatic carbocycles. The number of hydrogen-bond acceptors (Lipinski definition) is 8. The third kappa shape index (κ3) is 3.14. The first kappa shape index (κ1) is 19.9. The molecule has 4 heterocycles. The zero-order valence-electron chi connectivity index (χ0n) is 17.2. The highest BCUT2D eigenvalue weighted by atomic mass is 35.5. The molecule has 3 aromatic heterocycles. The lowest BCUT2D eigenvalue weighted by Crippen LogP contribution is -2.39. The molecule has 0 spiro atoms. The molecule has 1 N–H and O–H groups in total. The summed E-state index contributed by atoms with van der Waals surface area (Å²) in [5.74, 6) is 0.339. The number of ether oxygens (including phenoxy) is 1. The summed E-state index contributed by atoms with van der Waals surface area (Å²) in [6.07, 6.45) is 2.73. The lowest BCUT2D eigenvalue weighted by Gasteiger charge is -2.27. The summed E-state index contributed by atoms with van der Waals surface area (Å²) >= 11 is 6.55. The van der Waals surface area contributed by atoms with Crippen LogP contribution in [0.4, 0.5) is 0 Å². The van der Waals surface area contributed by atoms with E-state index in [0.29, 0.717) is 60.9 Å². The van der Waals surface area contributed by atoms with Gasteiger partial charge < -0.3 is 18.9 Å². The zero-order valence-corrected chi connectivity index (χ0v) is 18.0. The fourth-order valence-corrected chi connectivity index (χ4v) is 4.49. The van der Waals surface area contributed by atoms with Crippen LogP contribution in [0.25, 0.3) is 28.1 Å². The number of aliphatic hydroxyl groups is 1. The first-order valence-electron chi connectivity index (χ1n) is 10.6. The van der Waals surface area contributed by atoms with Crippen LogP contribution in [-0.4, -0.2) is 66.9 Å². The number of nitrogens with zero attached hydrogens (tertiary/aromatic N) is 6. The smallest absolute Gasteiger partial charge is 0.277 e. The minimum Gasteiger partial charge on any atom is -0.380 e. The van der Waals surface area contributed by atoms with Crippen LogP contribution < -0.4 is 5.56 Å². The normalized spacial score (nSPS) is 18.6. The summed E-state index contributed by atoms with van der Waals surface area (Å²) in [4.78, 5) is 24.7. The molecule has 10 nitrogen and oxygen atoms in total. The maximum Gasteiger partial charge on any atom is 0.277 e. The predicted molar refractivity (Wildman–Crippen MR) is 116 cm³/mol. The van der Waals surface area contributed by atoms with Crippen molar-refractivity contribution in [1.82, 2.24) is 29.0 Å². The number of morpholine rings is 1. The summed E-state index contributed by atoms with van der Waals surface area (Å²) in [7, 11) is 0. The minimum atomic E-state index is -1.06. The average Bonchev–Trinajstić information content (AvgIpc) is 3.19. The van der Waals surface area contributed by atoms with E-state index in [1.807, 2.05) is 12.1 Å². The van der Waals surface area contributed by atoms with E-state index < -0.39 is 5.60 Å². The minimum absolute atomic E-state index is 0.158. The topological polar surface area (TPSA) is 111 Å². The van der Waals surface area contributed by atoms with Crippen LogP contribution in [0.5, 0.6) is 0 Å². The second kappa shape index (κ2) is 7.38. The van der Waals surface area contributed by atoms with Crippen molar-refractivity contribution in [1.29, 1.82) is 0 Å². The summed E-state index contributed by atoms with van der Waals surface area (Å²) in [5, 5.41) is 14.8. The van der Waals surface area contributed by atoms with E-state index in [0.717, 1.165) is 18.6 Å². The summed E-state index contributed by atoms with van der Waals surface area (Å²) in [6, 6.07) is 5.52. The first-order valence-corrected chi connectivity index (χ1v) is 11.0. The number of benzene rings is 1. The molecule has 1 aliphatic heterocycles. The van der Waals surface area contributed by atoms with E-state index in [1.54, 1.807) is 21.4 Å². The number of rotatable bonds is 5. The molecule has 1 saturated carbocycles. The molecule has 1 saturated heterocycles. The molecule has 6 rings (SSSR count). The van der Waals surface area contributed by atoms with Crippen molar-refractivity contribution in [3.8, 4) is 11.5 Å². The Hall–Kier alpha value is -2.79. The molecule has 0 amide bonds. The predicted octanol–water partition coefficient (Wildman–Crippen LogP) is 1.67. The molecule has 2 fully saturated rings. The molecule has 0 atom stereocenters. The Morgan fingerprint density at radius 1 is 1.16 bits per heavy atom. The van der Waals surface area contributed by atoms with Crippen molar-refractivity contribution in [2.45, 2.75) is 25.0 Å². The maximum atomic E-state index is 13.7. The lowest BCUT2D eigenvalue weighted by atomic mass is 10.2. The summed E-state index contributed by atoms with van der Waals surface area (Å²) in [6.45, 7) is 4.20. The molecule has 4 aromatic rings. The largest absolute Gasteiger partial charge is 0.380 e. The SMILES string of the molecule is O=c1c2c(-c3noc(C4(O)CC4)n3)ncn2c2cccc(Cl)c2n1CCN1CCOCC1. The van der Waals surface area contributed by atoms with Gasteiger partial charge in [-0.15, -0.1) is 0 Å². The standard InChI is InChI=1S/C21H21ClN6O4/c22-13-2-1-3-14-16(13)27(7-6-26-8-10-31-11-9-26)19(29)17-15(23-12-28(14)17)18-24-20(32-25-18)21(30)4-5-21/h1-3,12,30H,4-11H2. The Labute approximate surface area is 187 Å². The van der Waals surface area contributed by atoms with E-state index in [-0.39, 0.29) is 17.3 Å². The van der Waals surface area contributed by atoms with Crippen molar-refractivity contribution in [3.05, 3.63) is 45.8 Å². The molecular formula is C21H21ClN6O4. The Kier molecular flexibility index (Phi) is 4.58. The van der Waals surface area contributed by atoms with Crippen LogP contribution in [-0.2, 0) is 16.9 Å². The Morgan fingerprint density at radius 2 is 1.97 bits per heavy atom. The number of halogens is 1. The van der Waals surface area contributed by atoms with Gasteiger partial charge in [-0.25, -0.2) is 4.98 Å². The molecule has 0 radical (unpaired) electrons. The van der Waals surface area contributed by atoms with Gasteiger partial charge in [-0.1, -0.05) is 22.8 Å². The molecule has 1 aliphatic carbocycles. The highest BCUT2D eigenvalue weighted by Gasteiger charge is 2.48. The molecule has 166 valence electrons. The Morgan fingerprint density at radius 3 is 2.75 bits per heavy atom. The second-order valence-electron chi connectivity index (χ2n) is 8.28. The van der Waals surface area contributed by atoms with Crippen molar-refractivity contribution >= 4 is 28.2 Å². The Balaban J connectivity index is 1.50. The van der Waals surface area contributed by atoms with Gasteiger partial charge in [-0.3, -0.25) is 14.1 Å². The number of fused-ring (bicyclic) bond motifs is 3. The first-order chi connectivity index (χ1) is 15.5. The highest BCUT2D eigenvalue weighted by molar-refractivity contribution is 6.35. The second-order valence-corrected chi connectivity index (χ2v) is 8.69. The Bertz CT molecular complexity index is 1380. The lowest BCUT2D eigenvalue weighted by molar-refractivity contribution is 0.0364. The van der Waals surface area contributed by atoms with Gasteiger partial charge in [0.25, 0.3) is 11.4 Å². The van der Waals surface area contributed by atoms with Crippen LogP contribution >= 0.6 is 11.6 Å². The van der Waals surface area contributed by atoms with Crippen LogP contribution in [0.1, 0.15) is 18.7 Å². The van der Waals surface area contributed by atoms with Gasteiger partial charge in [-0.05, 0) is 25.0 Å². The number of para-hydroxylation sites is 1. The molecule has 11 heteroatoms. The monoisotopic (exact) mass is 456 g/mol. The fraction of sp³-hybridized carbons (Fsp3) is 0.429. The molecular weight excluding hydrogens is 436 g/mol. The van der Waals surface area contributed by atoms with Gasteiger partial charge in [0.2, 0.25) is 5.82 Å². The van der Waals surface area contributed by atoms with E-state index in [4.69, 9.17) is 20.9 Å². The van der Waals surface area contributed by atoms with Crippen LogP contribution in [0.3, 0.4) is 0 Å². The third-order valence-corrected chi connectivity index (χ3v) is 6.52. The van der Waals surface area contributed by atoms with Crippen molar-refractivity contribution in [3.63, 3.8) is 0 Å². The fourth-order valence-electron chi connectivity index (χ4n) is 4.21. The molecule has 0 unspecified atom stereocenters. The number of imidazole rings is 1. The molecule has 0 bridgehead atoms. The van der Waals surface area contributed by atoms with Gasteiger partial charge in [-0.2, -0.15) is 4.98 Å². The summed E-state index contributed by atoms with van der Waals surface area (Å²) in [5.41, 5.74) is 0.789. The van der Waals surface area contributed by atoms with Crippen molar-refractivity contribution in [2.75, 3.05) is 32.8 Å². The average molecular weight is 457 g/mol. The van der Waals surface area contributed by atoms with Crippen LogP contribution in [0.15, 0.2) is 33.8 Å². The third-order valence-electron chi connectivity index (χ3n) is 6.21. The van der Waals surface area contributed by atoms with E-state index >= 15 is 0 Å². The van der Waals surface area contributed by atoms with E-state index in [1.165, 1.54) is 0 Å². The van der Waals surface area contributed by atoms with Gasteiger partial charge in [0, 0.05) is 26.2 Å². The maximum absolute atomic E-state index is 13.7. The van der Waals surface area contributed by atoms with E-state index in [2.05, 4.69) is 20.0 Å². The molecule has 2 aliphatic rings. The van der Waals surface area contributed by atoms with Gasteiger partial charge in [0.15, 0.2) is 0 Å². The zero-order chi connectivity index (χ0) is 21.9. The quantitative estimate of drug-likeness (QED) is 0.482. The van der Waals surface area contributed by atoms with Crippen LogP contribution in [0.2, 0.25) is 5.02 Å². The van der Waals surface area contributed by atoms with Gasteiger partial charge >= 0.3 is 0 Å². The van der Waals surface area contributed by atoms with Crippen LogP contribution in [0, 0.1) is 0 Å². The highest BCUT2D eigenvalue weighted by Crippen LogP contribution is 2.44. The number of aromatic nitrogens is 5. The van der Waals surface area contributed by atoms with Crippen molar-refractivity contribution in [2.24, 2.45) is 0 Å². The molecule has 32 heavy (non-hydrogen) atoms. The van der Waals surface area contributed by atoms with Crippen molar-refractivity contribution < 1.29 is 14.4 Å². The van der Waals surface area contributed by atoms with E-state index in [9.17, 15) is 9.90 Å². The number of hydrogen-bond donors (Lipinski definition) is 1. The van der Waals surface area contributed by atoms with Gasteiger partial charge in [0.1, 0.15) is 23.1 Å². The van der Waals surface area contributed by atoms with Gasteiger partial charge in [0.05, 0.1) is 29.3 Å².